The summed E-state index contributed by atoms with van der Waals surface area (Å²) < 4.78 is 0. The van der Waals surface area contributed by atoms with Gasteiger partial charge in [0, 0.05) is 0 Å². The zero-order chi connectivity index (χ0) is 17.3. The third-order valence-corrected chi connectivity index (χ3v) is 4.55. The topological polar surface area (TPSA) is 69.6 Å². The number of benzene rings is 2. The molecule has 0 aliphatic carbocycles. The summed E-state index contributed by atoms with van der Waals surface area (Å²) in [6.45, 7) is 3.64. The molecule has 3 rings (SSSR count). The highest BCUT2D eigenvalue weighted by Crippen LogP contribution is 2.39. The molecule has 2 N–H and O–H groups in total. The lowest BCUT2D eigenvalue weighted by atomic mass is 9.78. The molecule has 124 valence electrons. The summed E-state index contributed by atoms with van der Waals surface area (Å²) in [7, 11) is 0. The average Bonchev–Trinajstić information content (AvgIpc) is 2.87. The summed E-state index contributed by atoms with van der Waals surface area (Å²) in [6, 6.07) is 17.1. The Balaban J connectivity index is 2.06. The van der Waals surface area contributed by atoms with Crippen molar-refractivity contribution >= 4 is 17.6 Å². The van der Waals surface area contributed by atoms with Crippen LogP contribution in [-0.4, -0.2) is 22.6 Å². The summed E-state index contributed by atoms with van der Waals surface area (Å²) in [6.07, 6.45) is -1.14. The fraction of sp³-hybridized carbons (Fsp3) is 0.263. The molecule has 24 heavy (non-hydrogen) atoms. The Hall–Kier alpha value is -2.66. The number of anilines is 1. The number of urea groups is 1. The van der Waals surface area contributed by atoms with Crippen molar-refractivity contribution in [2.45, 2.75) is 25.5 Å². The molecule has 5 nitrogen and oxygen atoms in total. The van der Waals surface area contributed by atoms with E-state index in [1.807, 2.05) is 26.0 Å². The van der Waals surface area contributed by atoms with Crippen LogP contribution in [0.15, 0.2) is 60.7 Å². The number of hydrogen-bond donors (Lipinski definition) is 2. The van der Waals surface area contributed by atoms with Crippen molar-refractivity contribution in [3.63, 3.8) is 0 Å². The second-order valence-electron chi connectivity index (χ2n) is 6.24. The van der Waals surface area contributed by atoms with Gasteiger partial charge in [-0.25, -0.2) is 9.69 Å². The number of carbonyl (C=O) groups is 2. The van der Waals surface area contributed by atoms with E-state index in [2.05, 4.69) is 5.32 Å². The summed E-state index contributed by atoms with van der Waals surface area (Å²) >= 11 is 0. The minimum atomic E-state index is -1.39. The van der Waals surface area contributed by atoms with Gasteiger partial charge >= 0.3 is 6.03 Å². The first-order valence-electron chi connectivity index (χ1n) is 7.93. The fourth-order valence-corrected chi connectivity index (χ4v) is 3.17. The largest absolute Gasteiger partial charge is 0.385 e. The Labute approximate surface area is 140 Å². The molecule has 0 spiro atoms. The predicted molar refractivity (Wildman–Crippen MR) is 91.4 cm³/mol. The Kier molecular flexibility index (Phi) is 4.11. The Morgan fingerprint density at radius 2 is 1.50 bits per heavy atom. The van der Waals surface area contributed by atoms with Gasteiger partial charge in [-0.05, 0) is 23.6 Å². The molecule has 1 heterocycles. The number of imide groups is 1. The van der Waals surface area contributed by atoms with Crippen LogP contribution in [-0.2, 0) is 4.79 Å². The molecule has 2 unspecified atom stereocenters. The number of rotatable bonds is 4. The minimum absolute atomic E-state index is 0.294. The van der Waals surface area contributed by atoms with Gasteiger partial charge < -0.3 is 10.4 Å². The van der Waals surface area contributed by atoms with Gasteiger partial charge in [0.25, 0.3) is 5.91 Å². The first-order valence-corrected chi connectivity index (χ1v) is 7.93. The van der Waals surface area contributed by atoms with Crippen LogP contribution >= 0.6 is 0 Å². The predicted octanol–water partition coefficient (Wildman–Crippen LogP) is 2.87. The van der Waals surface area contributed by atoms with Gasteiger partial charge in [0.05, 0.1) is 5.69 Å². The molecule has 0 radical (unpaired) electrons. The van der Waals surface area contributed by atoms with E-state index in [0.717, 1.165) is 4.90 Å². The molecule has 5 heteroatoms. The van der Waals surface area contributed by atoms with Gasteiger partial charge in [-0.15, -0.1) is 0 Å². The van der Waals surface area contributed by atoms with Gasteiger partial charge in [-0.1, -0.05) is 62.4 Å². The maximum absolute atomic E-state index is 13.2. The number of carbonyl (C=O) groups excluding carboxylic acids is 2. The number of nitrogens with one attached hydrogen (secondary N) is 1. The van der Waals surface area contributed by atoms with Crippen LogP contribution in [0.3, 0.4) is 0 Å². The molecular formula is C19H20N2O3. The molecule has 1 saturated heterocycles. The number of nitrogens with zero attached hydrogens (tertiary/aromatic N) is 1. The molecule has 1 fully saturated rings. The van der Waals surface area contributed by atoms with E-state index in [4.69, 9.17) is 0 Å². The van der Waals surface area contributed by atoms with Gasteiger partial charge in [-0.2, -0.15) is 0 Å². The molecule has 2 atom stereocenters. The van der Waals surface area contributed by atoms with Crippen molar-refractivity contribution in [3.8, 4) is 0 Å². The van der Waals surface area contributed by atoms with Gasteiger partial charge in [0.1, 0.15) is 6.10 Å². The van der Waals surface area contributed by atoms with Gasteiger partial charge in [0.2, 0.25) is 0 Å². The van der Waals surface area contributed by atoms with E-state index < -0.39 is 23.6 Å². The molecule has 2 aromatic rings. The fourth-order valence-electron chi connectivity index (χ4n) is 3.17. The highest BCUT2D eigenvalue weighted by Gasteiger charge is 2.58. The van der Waals surface area contributed by atoms with E-state index in [0.29, 0.717) is 11.3 Å². The number of para-hydroxylation sites is 1. The van der Waals surface area contributed by atoms with Crippen LogP contribution in [0.2, 0.25) is 0 Å². The van der Waals surface area contributed by atoms with Crippen molar-refractivity contribution in [1.29, 1.82) is 0 Å². The maximum atomic E-state index is 13.2. The van der Waals surface area contributed by atoms with E-state index >= 15 is 0 Å². The van der Waals surface area contributed by atoms with Crippen LogP contribution in [0.5, 0.6) is 0 Å². The monoisotopic (exact) mass is 324 g/mol. The molecule has 0 bridgehead atoms. The van der Waals surface area contributed by atoms with Gasteiger partial charge in [-0.3, -0.25) is 4.79 Å². The Bertz CT molecular complexity index is 746. The lowest BCUT2D eigenvalue weighted by Gasteiger charge is -2.35. The summed E-state index contributed by atoms with van der Waals surface area (Å²) in [4.78, 5) is 26.8. The van der Waals surface area contributed by atoms with Crippen molar-refractivity contribution in [2.24, 2.45) is 5.92 Å². The van der Waals surface area contributed by atoms with Crippen molar-refractivity contribution in [2.75, 3.05) is 4.90 Å². The molecule has 1 aliphatic rings. The molecule has 1 aliphatic heterocycles. The first-order chi connectivity index (χ1) is 11.5. The Morgan fingerprint density at radius 3 is 2.04 bits per heavy atom. The van der Waals surface area contributed by atoms with Crippen LogP contribution in [0.1, 0.15) is 25.5 Å². The number of hydrogen-bond acceptors (Lipinski definition) is 3. The smallest absolute Gasteiger partial charge is 0.329 e. The second kappa shape index (κ2) is 6.09. The first kappa shape index (κ1) is 16.2. The molecular weight excluding hydrogens is 304 g/mol. The highest BCUT2D eigenvalue weighted by molar-refractivity contribution is 6.23. The van der Waals surface area contributed by atoms with Crippen LogP contribution < -0.4 is 10.2 Å². The lowest BCUT2D eigenvalue weighted by molar-refractivity contribution is -0.129. The van der Waals surface area contributed by atoms with Crippen molar-refractivity contribution in [3.05, 3.63) is 66.2 Å². The summed E-state index contributed by atoms with van der Waals surface area (Å²) in [5.74, 6) is -0.733. The average molecular weight is 324 g/mol. The van der Waals surface area contributed by atoms with Crippen molar-refractivity contribution < 1.29 is 14.7 Å². The standard InChI is InChI=1S/C19H20N2O3/c1-13(2)19(16(22)14-9-5-3-6-10-14)17(23)21(18(24)20-19)15-11-7-4-8-12-15/h3-13,16,22H,1-2H3,(H,20,24). The lowest BCUT2D eigenvalue weighted by Crippen LogP contribution is -2.56. The second-order valence-corrected chi connectivity index (χ2v) is 6.24. The quantitative estimate of drug-likeness (QED) is 0.850. The number of amides is 3. The number of aliphatic hydroxyl groups excluding tert-OH is 1. The maximum Gasteiger partial charge on any atom is 0.329 e. The van der Waals surface area contributed by atoms with Crippen LogP contribution in [0, 0.1) is 5.92 Å². The third-order valence-electron chi connectivity index (χ3n) is 4.55. The zero-order valence-electron chi connectivity index (χ0n) is 13.6. The van der Waals surface area contributed by atoms with E-state index in [-0.39, 0.29) is 5.92 Å². The van der Waals surface area contributed by atoms with Crippen molar-refractivity contribution in [1.82, 2.24) is 5.32 Å². The Morgan fingerprint density at radius 1 is 0.958 bits per heavy atom. The summed E-state index contributed by atoms with van der Waals surface area (Å²) in [5, 5.41) is 13.7. The SMILES string of the molecule is CC(C)C1(C(O)c2ccccc2)NC(=O)N(c2ccccc2)C1=O. The molecule has 2 aromatic carbocycles. The van der Waals surface area contributed by atoms with E-state index in [9.17, 15) is 14.7 Å². The van der Waals surface area contributed by atoms with Crippen LogP contribution in [0.4, 0.5) is 10.5 Å². The van der Waals surface area contributed by atoms with Crippen LogP contribution in [0.25, 0.3) is 0 Å². The molecule has 0 saturated carbocycles. The third kappa shape index (κ3) is 2.37. The van der Waals surface area contributed by atoms with E-state index in [1.54, 1.807) is 48.5 Å². The zero-order valence-corrected chi connectivity index (χ0v) is 13.6. The minimum Gasteiger partial charge on any atom is -0.385 e. The van der Waals surface area contributed by atoms with E-state index in [1.165, 1.54) is 0 Å². The highest BCUT2D eigenvalue weighted by atomic mass is 16.3. The molecule has 0 aromatic heterocycles. The molecule has 3 amide bonds. The normalized spacial score (nSPS) is 21.9. The van der Waals surface area contributed by atoms with Gasteiger partial charge in [0.15, 0.2) is 5.54 Å². The summed E-state index contributed by atoms with van der Waals surface area (Å²) in [5.41, 5.74) is -0.314. The number of aliphatic hydroxyl groups is 1.